The number of carbonyl (C=O) groups excluding carboxylic acids is 1. The van der Waals surface area contributed by atoms with E-state index >= 15 is 0 Å². The fourth-order valence-electron chi connectivity index (χ4n) is 1.64. The molecule has 0 spiro atoms. The van der Waals surface area contributed by atoms with Crippen molar-refractivity contribution in [2.24, 2.45) is 0 Å². The van der Waals surface area contributed by atoms with Gasteiger partial charge in [-0.1, -0.05) is 30.1 Å². The van der Waals surface area contributed by atoms with Gasteiger partial charge in [-0.2, -0.15) is 0 Å². The van der Waals surface area contributed by atoms with E-state index in [0.717, 1.165) is 0 Å². The van der Waals surface area contributed by atoms with Gasteiger partial charge in [0.2, 0.25) is 0 Å². The van der Waals surface area contributed by atoms with E-state index in [0.29, 0.717) is 6.42 Å². The van der Waals surface area contributed by atoms with Crippen molar-refractivity contribution in [3.63, 3.8) is 0 Å². The highest BCUT2D eigenvalue weighted by molar-refractivity contribution is 6.37. The Morgan fingerprint density at radius 1 is 1.30 bits per heavy atom. The van der Waals surface area contributed by atoms with Gasteiger partial charge in [-0.25, -0.2) is 0 Å². The molecule has 20 heavy (non-hydrogen) atoms. The number of aliphatic hydroxyl groups is 2. The van der Waals surface area contributed by atoms with Gasteiger partial charge in [-0.15, -0.1) is 0 Å². The van der Waals surface area contributed by atoms with Crippen molar-refractivity contribution in [3.05, 3.63) is 27.7 Å². The number of amides is 1. The van der Waals surface area contributed by atoms with Crippen LogP contribution in [0.5, 0.6) is 5.75 Å². The smallest absolute Gasteiger partial charge is 0.251 e. The van der Waals surface area contributed by atoms with Crippen LogP contribution < -0.4 is 10.1 Å². The highest BCUT2D eigenvalue weighted by Crippen LogP contribution is 2.33. The zero-order valence-electron chi connectivity index (χ0n) is 11.2. The maximum Gasteiger partial charge on any atom is 0.251 e. The van der Waals surface area contributed by atoms with Gasteiger partial charge >= 0.3 is 0 Å². The second-order valence-electron chi connectivity index (χ2n) is 4.38. The van der Waals surface area contributed by atoms with Crippen LogP contribution in [0.25, 0.3) is 0 Å². The lowest BCUT2D eigenvalue weighted by Gasteiger charge is -2.29. The van der Waals surface area contributed by atoms with Crippen LogP contribution in [-0.4, -0.2) is 42.0 Å². The molecule has 0 aliphatic carbocycles. The number of hydrogen-bond donors (Lipinski definition) is 3. The summed E-state index contributed by atoms with van der Waals surface area (Å²) in [5.74, 6) is -0.197. The molecule has 0 aromatic heterocycles. The van der Waals surface area contributed by atoms with Crippen molar-refractivity contribution in [3.8, 4) is 5.75 Å². The summed E-state index contributed by atoms with van der Waals surface area (Å²) in [5.41, 5.74) is -0.851. The summed E-state index contributed by atoms with van der Waals surface area (Å²) in [7, 11) is 1.42. The molecule has 1 rings (SSSR count). The normalized spacial score (nSPS) is 11.3. The van der Waals surface area contributed by atoms with E-state index in [1.165, 1.54) is 19.2 Å². The van der Waals surface area contributed by atoms with Crippen LogP contribution in [0.2, 0.25) is 10.0 Å². The Balaban J connectivity index is 3.04. The summed E-state index contributed by atoms with van der Waals surface area (Å²) in [5, 5.41) is 21.6. The quantitative estimate of drug-likeness (QED) is 0.747. The molecule has 112 valence electrons. The molecule has 0 radical (unpaired) electrons. The molecular weight excluding hydrogens is 305 g/mol. The molecule has 7 heteroatoms. The SMILES string of the molecule is CCC(CO)(CO)NC(=O)c1cc(Cl)c(OC)c(Cl)c1. The maximum absolute atomic E-state index is 12.1. The third kappa shape index (κ3) is 3.55. The molecule has 0 aliphatic heterocycles. The summed E-state index contributed by atoms with van der Waals surface area (Å²) in [6, 6.07) is 2.83. The lowest BCUT2D eigenvalue weighted by Crippen LogP contribution is -2.53. The van der Waals surface area contributed by atoms with Gasteiger partial charge in [0.25, 0.3) is 5.91 Å². The zero-order valence-corrected chi connectivity index (χ0v) is 12.8. The van der Waals surface area contributed by atoms with Crippen LogP contribution in [0.15, 0.2) is 12.1 Å². The molecule has 3 N–H and O–H groups in total. The Labute approximate surface area is 127 Å². The van der Waals surface area contributed by atoms with E-state index in [-0.39, 0.29) is 34.6 Å². The first-order valence-corrected chi connectivity index (χ1v) is 6.76. The molecule has 5 nitrogen and oxygen atoms in total. The van der Waals surface area contributed by atoms with Gasteiger partial charge in [-0.05, 0) is 18.6 Å². The lowest BCUT2D eigenvalue weighted by molar-refractivity contribution is 0.0653. The van der Waals surface area contributed by atoms with Gasteiger partial charge in [0, 0.05) is 5.56 Å². The van der Waals surface area contributed by atoms with E-state index < -0.39 is 11.4 Å². The van der Waals surface area contributed by atoms with Gasteiger partial charge < -0.3 is 20.3 Å². The monoisotopic (exact) mass is 321 g/mol. The minimum absolute atomic E-state index is 0.209. The third-order valence-electron chi connectivity index (χ3n) is 3.13. The summed E-state index contributed by atoms with van der Waals surface area (Å²) in [4.78, 5) is 12.1. The second-order valence-corrected chi connectivity index (χ2v) is 5.19. The number of carbonyl (C=O) groups is 1. The van der Waals surface area contributed by atoms with Crippen molar-refractivity contribution in [1.29, 1.82) is 0 Å². The Morgan fingerprint density at radius 2 is 1.80 bits per heavy atom. The molecule has 1 aromatic rings. The molecule has 0 aliphatic rings. The number of hydrogen-bond acceptors (Lipinski definition) is 4. The molecule has 0 unspecified atom stereocenters. The van der Waals surface area contributed by atoms with E-state index in [1.54, 1.807) is 6.92 Å². The highest BCUT2D eigenvalue weighted by atomic mass is 35.5. The first-order chi connectivity index (χ1) is 9.42. The van der Waals surface area contributed by atoms with Crippen molar-refractivity contribution in [1.82, 2.24) is 5.32 Å². The summed E-state index contributed by atoms with van der Waals surface area (Å²) >= 11 is 11.9. The average molecular weight is 322 g/mol. The third-order valence-corrected chi connectivity index (χ3v) is 3.69. The number of nitrogens with one attached hydrogen (secondary N) is 1. The molecule has 0 heterocycles. The largest absolute Gasteiger partial charge is 0.494 e. The van der Waals surface area contributed by atoms with Crippen molar-refractivity contribution >= 4 is 29.1 Å². The number of methoxy groups -OCH3 is 1. The van der Waals surface area contributed by atoms with E-state index in [1.807, 2.05) is 0 Å². The topological polar surface area (TPSA) is 78.8 Å². The molecule has 0 saturated carbocycles. The van der Waals surface area contributed by atoms with Gasteiger partial charge in [-0.3, -0.25) is 4.79 Å². The fraction of sp³-hybridized carbons (Fsp3) is 0.462. The van der Waals surface area contributed by atoms with Gasteiger partial charge in [0.15, 0.2) is 5.75 Å². The minimum atomic E-state index is -1.07. The fourth-order valence-corrected chi connectivity index (χ4v) is 2.28. The first-order valence-electron chi connectivity index (χ1n) is 6.00. The number of rotatable bonds is 6. The van der Waals surface area contributed by atoms with Gasteiger partial charge in [0.1, 0.15) is 0 Å². The summed E-state index contributed by atoms with van der Waals surface area (Å²) < 4.78 is 5.00. The predicted molar refractivity (Wildman–Crippen MR) is 77.7 cm³/mol. The van der Waals surface area contributed by atoms with Crippen LogP contribution in [-0.2, 0) is 0 Å². The predicted octanol–water partition coefficient (Wildman–Crippen LogP) is 1.87. The van der Waals surface area contributed by atoms with Crippen molar-refractivity contribution in [2.45, 2.75) is 18.9 Å². The van der Waals surface area contributed by atoms with Crippen LogP contribution >= 0.6 is 23.2 Å². The molecular formula is C13H17Cl2NO4. The molecule has 1 amide bonds. The first kappa shape index (κ1) is 17.0. The lowest BCUT2D eigenvalue weighted by atomic mass is 9.98. The Kier molecular flexibility index (Phi) is 6.07. The minimum Gasteiger partial charge on any atom is -0.494 e. The molecule has 0 saturated heterocycles. The molecule has 0 bridgehead atoms. The second kappa shape index (κ2) is 7.13. The van der Waals surface area contributed by atoms with Crippen molar-refractivity contribution in [2.75, 3.05) is 20.3 Å². The van der Waals surface area contributed by atoms with Crippen LogP contribution in [0.4, 0.5) is 0 Å². The Morgan fingerprint density at radius 3 is 2.15 bits per heavy atom. The van der Waals surface area contributed by atoms with Gasteiger partial charge in [0.05, 0.1) is 35.9 Å². The maximum atomic E-state index is 12.1. The summed E-state index contributed by atoms with van der Waals surface area (Å²) in [6.45, 7) is 1.01. The Bertz CT molecular complexity index is 458. The molecule has 0 fully saturated rings. The number of aliphatic hydroxyl groups excluding tert-OH is 2. The average Bonchev–Trinajstić information content (AvgIpc) is 2.44. The zero-order chi connectivity index (χ0) is 15.3. The van der Waals surface area contributed by atoms with E-state index in [2.05, 4.69) is 5.32 Å². The van der Waals surface area contributed by atoms with Crippen LogP contribution in [0.3, 0.4) is 0 Å². The number of benzene rings is 1. The molecule has 0 atom stereocenters. The van der Waals surface area contributed by atoms with Crippen LogP contribution in [0.1, 0.15) is 23.7 Å². The summed E-state index contributed by atoms with van der Waals surface area (Å²) in [6.07, 6.45) is 0.378. The molecule has 1 aromatic carbocycles. The van der Waals surface area contributed by atoms with E-state index in [9.17, 15) is 15.0 Å². The van der Waals surface area contributed by atoms with E-state index in [4.69, 9.17) is 27.9 Å². The van der Waals surface area contributed by atoms with Crippen LogP contribution in [0, 0.1) is 0 Å². The van der Waals surface area contributed by atoms with Crippen molar-refractivity contribution < 1.29 is 19.7 Å². The number of ether oxygens (including phenoxy) is 1. The highest BCUT2D eigenvalue weighted by Gasteiger charge is 2.29. The Hall–Kier alpha value is -1.01. The number of halogens is 2. The standard InChI is InChI=1S/C13H17Cl2NO4/c1-3-13(6-17,7-18)16-12(19)8-4-9(14)11(20-2)10(15)5-8/h4-5,17-18H,3,6-7H2,1-2H3,(H,16,19).